The normalized spacial score (nSPS) is 13.8. The first-order valence-electron chi connectivity index (χ1n) is 7.72. The lowest BCUT2D eigenvalue weighted by molar-refractivity contribution is 0.0846. The summed E-state index contributed by atoms with van der Waals surface area (Å²) in [5, 5.41) is 0. The molecular weight excluding hydrogens is 395 g/mol. The third-order valence-corrected chi connectivity index (χ3v) is 5.66. The fourth-order valence-corrected chi connectivity index (χ4v) is 4.20. The van der Waals surface area contributed by atoms with Gasteiger partial charge in [-0.1, -0.05) is 22.4 Å². The first kappa shape index (κ1) is 17.1. The summed E-state index contributed by atoms with van der Waals surface area (Å²) in [6, 6.07) is 5.96. The second kappa shape index (κ2) is 7.44. The number of aryl methyl sites for hydroxylation is 2. The highest BCUT2D eigenvalue weighted by Crippen LogP contribution is 2.28. The average molecular weight is 411 g/mol. The maximum absolute atomic E-state index is 13.7. The van der Waals surface area contributed by atoms with Crippen molar-refractivity contribution in [3.8, 4) is 0 Å². The van der Waals surface area contributed by atoms with Gasteiger partial charge in [-0.15, -0.1) is 11.3 Å². The van der Waals surface area contributed by atoms with Crippen LogP contribution in [0.25, 0.3) is 0 Å². The van der Waals surface area contributed by atoms with Crippen molar-refractivity contribution >= 4 is 39.1 Å². The first-order valence-corrected chi connectivity index (χ1v) is 9.33. The largest absolute Gasteiger partial charge is 0.279 e. The van der Waals surface area contributed by atoms with Gasteiger partial charge in [-0.2, -0.15) is 0 Å². The molecule has 0 unspecified atom stereocenters. The molecule has 1 aliphatic rings. The number of hydrogen-bond donors (Lipinski definition) is 2. The van der Waals surface area contributed by atoms with Gasteiger partial charge in [0.25, 0.3) is 11.8 Å². The Bertz CT molecular complexity index is 767. The van der Waals surface area contributed by atoms with E-state index in [0.29, 0.717) is 9.35 Å². The number of thiophene rings is 1. The maximum Gasteiger partial charge on any atom is 0.279 e. The molecule has 4 nitrogen and oxygen atoms in total. The fourth-order valence-electron chi connectivity index (χ4n) is 2.69. The molecule has 3 rings (SSSR count). The maximum atomic E-state index is 13.7. The minimum atomic E-state index is -0.694. The van der Waals surface area contributed by atoms with Crippen LogP contribution in [-0.4, -0.2) is 11.8 Å². The van der Waals surface area contributed by atoms with Crippen LogP contribution in [0, 0.1) is 5.82 Å². The summed E-state index contributed by atoms with van der Waals surface area (Å²) in [5.41, 5.74) is 5.72. The summed E-state index contributed by atoms with van der Waals surface area (Å²) in [4.78, 5) is 26.0. The topological polar surface area (TPSA) is 58.2 Å². The van der Waals surface area contributed by atoms with E-state index in [0.717, 1.165) is 25.7 Å². The van der Waals surface area contributed by atoms with Gasteiger partial charge in [0.2, 0.25) is 0 Å². The number of rotatable bonds is 2. The highest BCUT2D eigenvalue weighted by molar-refractivity contribution is 9.10. The third kappa shape index (κ3) is 3.84. The van der Waals surface area contributed by atoms with Crippen LogP contribution in [-0.2, 0) is 12.8 Å². The van der Waals surface area contributed by atoms with Crippen LogP contribution in [0.5, 0.6) is 0 Å². The van der Waals surface area contributed by atoms with Crippen molar-refractivity contribution in [1.82, 2.24) is 10.9 Å². The number of hydrazine groups is 1. The molecule has 1 aromatic carbocycles. The van der Waals surface area contributed by atoms with E-state index in [-0.39, 0.29) is 11.5 Å². The van der Waals surface area contributed by atoms with Gasteiger partial charge in [-0.25, -0.2) is 4.39 Å². The minimum absolute atomic E-state index is 0.133. The molecule has 0 aliphatic heterocycles. The Morgan fingerprint density at radius 1 is 1.04 bits per heavy atom. The molecule has 2 N–H and O–H groups in total. The summed E-state index contributed by atoms with van der Waals surface area (Å²) in [6.07, 6.45) is 5.51. The van der Waals surface area contributed by atoms with Crippen molar-refractivity contribution in [2.24, 2.45) is 0 Å². The molecule has 2 amide bonds. The predicted octanol–water partition coefficient (Wildman–Crippen LogP) is 3.99. The molecule has 24 heavy (non-hydrogen) atoms. The van der Waals surface area contributed by atoms with E-state index in [4.69, 9.17) is 0 Å². The van der Waals surface area contributed by atoms with Crippen molar-refractivity contribution in [3.63, 3.8) is 0 Å². The minimum Gasteiger partial charge on any atom is -0.267 e. The van der Waals surface area contributed by atoms with Gasteiger partial charge in [-0.05, 0) is 55.5 Å². The lowest BCUT2D eigenvalue weighted by atomic mass is 10.1. The van der Waals surface area contributed by atoms with Gasteiger partial charge >= 0.3 is 0 Å². The van der Waals surface area contributed by atoms with Crippen molar-refractivity contribution < 1.29 is 14.0 Å². The van der Waals surface area contributed by atoms with Crippen molar-refractivity contribution in [2.45, 2.75) is 32.1 Å². The van der Waals surface area contributed by atoms with E-state index >= 15 is 0 Å². The highest BCUT2D eigenvalue weighted by Gasteiger charge is 2.18. The molecule has 1 aromatic heterocycles. The van der Waals surface area contributed by atoms with Crippen molar-refractivity contribution in [2.75, 3.05) is 0 Å². The van der Waals surface area contributed by atoms with Gasteiger partial charge in [-0.3, -0.25) is 20.4 Å². The van der Waals surface area contributed by atoms with Crippen LogP contribution < -0.4 is 10.9 Å². The number of benzene rings is 1. The van der Waals surface area contributed by atoms with Crippen LogP contribution >= 0.6 is 27.3 Å². The van der Waals surface area contributed by atoms with Crippen LogP contribution in [0.15, 0.2) is 28.7 Å². The Morgan fingerprint density at radius 3 is 2.62 bits per heavy atom. The highest BCUT2D eigenvalue weighted by atomic mass is 79.9. The molecule has 7 heteroatoms. The average Bonchev–Trinajstić information content (AvgIpc) is 2.85. The van der Waals surface area contributed by atoms with Gasteiger partial charge < -0.3 is 0 Å². The number of carbonyl (C=O) groups is 2. The van der Waals surface area contributed by atoms with Crippen LogP contribution in [0.2, 0.25) is 0 Å². The zero-order valence-corrected chi connectivity index (χ0v) is 15.2. The van der Waals surface area contributed by atoms with E-state index in [9.17, 15) is 14.0 Å². The van der Waals surface area contributed by atoms with E-state index in [1.54, 1.807) is 0 Å². The molecule has 0 bridgehead atoms. The summed E-state index contributed by atoms with van der Waals surface area (Å²) in [5.74, 6) is -1.72. The molecule has 0 spiro atoms. The zero-order chi connectivity index (χ0) is 17.1. The molecule has 0 fully saturated rings. The molecule has 0 atom stereocenters. The predicted molar refractivity (Wildman–Crippen MR) is 94.6 cm³/mol. The zero-order valence-electron chi connectivity index (χ0n) is 12.8. The molecule has 2 aromatic rings. The number of halogens is 2. The summed E-state index contributed by atoms with van der Waals surface area (Å²) in [7, 11) is 0. The smallest absolute Gasteiger partial charge is 0.267 e. The standard InChI is InChI=1S/C17H16BrFN2O2S/c18-11-6-7-13(19)12(9-11)16(22)20-21-17(23)15-8-10-4-2-1-3-5-14(10)24-15/h6-9H,1-5H2,(H,20,22)(H,21,23). The molecule has 0 saturated heterocycles. The van der Waals surface area contributed by atoms with Gasteiger partial charge in [0, 0.05) is 9.35 Å². The quantitative estimate of drug-likeness (QED) is 0.580. The SMILES string of the molecule is O=C(NNC(=O)c1cc(Br)ccc1F)c1cc2c(s1)CCCCC2. The second-order valence-electron chi connectivity index (χ2n) is 5.65. The Labute approximate surface area is 151 Å². The van der Waals surface area contributed by atoms with Gasteiger partial charge in [0.05, 0.1) is 10.4 Å². The second-order valence-corrected chi connectivity index (χ2v) is 7.70. The van der Waals surface area contributed by atoms with Crippen LogP contribution in [0.3, 0.4) is 0 Å². The van der Waals surface area contributed by atoms with Crippen molar-refractivity contribution in [1.29, 1.82) is 0 Å². The van der Waals surface area contributed by atoms with Crippen molar-refractivity contribution in [3.05, 3.63) is 55.4 Å². The Balaban J connectivity index is 1.65. The van der Waals surface area contributed by atoms with E-state index in [1.807, 2.05) is 6.07 Å². The number of amides is 2. The number of carbonyl (C=O) groups excluding carboxylic acids is 2. The Hall–Kier alpha value is -1.73. The lowest BCUT2D eigenvalue weighted by Crippen LogP contribution is -2.41. The summed E-state index contributed by atoms with van der Waals surface area (Å²) < 4.78 is 14.3. The summed E-state index contributed by atoms with van der Waals surface area (Å²) >= 11 is 4.65. The molecule has 0 radical (unpaired) electrons. The third-order valence-electron chi connectivity index (χ3n) is 3.93. The van der Waals surface area contributed by atoms with Crippen LogP contribution in [0.1, 0.15) is 49.7 Å². The van der Waals surface area contributed by atoms with E-state index in [2.05, 4.69) is 26.8 Å². The van der Waals surface area contributed by atoms with Gasteiger partial charge in [0.1, 0.15) is 5.82 Å². The van der Waals surface area contributed by atoms with E-state index in [1.165, 1.54) is 46.4 Å². The lowest BCUT2D eigenvalue weighted by Gasteiger charge is -2.07. The Morgan fingerprint density at radius 2 is 1.79 bits per heavy atom. The number of hydrogen-bond acceptors (Lipinski definition) is 3. The van der Waals surface area contributed by atoms with Crippen LogP contribution in [0.4, 0.5) is 4.39 Å². The summed E-state index contributed by atoms with van der Waals surface area (Å²) in [6.45, 7) is 0. The molecule has 1 aliphatic carbocycles. The monoisotopic (exact) mass is 410 g/mol. The van der Waals surface area contributed by atoms with E-state index < -0.39 is 11.7 Å². The number of nitrogens with one attached hydrogen (secondary N) is 2. The molecular formula is C17H16BrFN2O2S. The first-order chi connectivity index (χ1) is 11.5. The Kier molecular flexibility index (Phi) is 5.30. The molecule has 1 heterocycles. The fraction of sp³-hybridized carbons (Fsp3) is 0.294. The van der Waals surface area contributed by atoms with Gasteiger partial charge in [0.15, 0.2) is 0 Å². The number of fused-ring (bicyclic) bond motifs is 1. The molecule has 0 saturated carbocycles. The molecule has 126 valence electrons.